The molecule has 1 aromatic rings. The molecule has 0 aliphatic rings. The number of halogens is 2. The molecule has 0 saturated carbocycles. The maximum atomic E-state index is 5.13. The fourth-order valence-corrected chi connectivity index (χ4v) is 1.84. The first kappa shape index (κ1) is 9.32. The highest BCUT2D eigenvalue weighted by atomic mass is 127. The number of methoxy groups -OCH3 is 1. The van der Waals surface area contributed by atoms with Crippen molar-refractivity contribution in [2.45, 2.75) is 6.92 Å². The van der Waals surface area contributed by atoms with Gasteiger partial charge in [-0.3, -0.25) is 0 Å². The highest BCUT2D eigenvalue weighted by molar-refractivity contribution is 14.1. The minimum atomic E-state index is 0.889. The van der Waals surface area contributed by atoms with Crippen molar-refractivity contribution in [3.05, 3.63) is 25.7 Å². The molecule has 0 aliphatic carbocycles. The molecule has 1 rings (SSSR count). The zero-order chi connectivity index (χ0) is 8.43. The molecule has 0 unspecified atom stereocenters. The zero-order valence-corrected chi connectivity index (χ0v) is 10.1. The van der Waals surface area contributed by atoms with Crippen LogP contribution in [-0.4, -0.2) is 7.11 Å². The van der Waals surface area contributed by atoms with Crippen molar-refractivity contribution in [3.63, 3.8) is 0 Å². The van der Waals surface area contributed by atoms with Crippen LogP contribution in [0, 0.1) is 10.5 Å². The van der Waals surface area contributed by atoms with E-state index < -0.39 is 0 Å². The summed E-state index contributed by atoms with van der Waals surface area (Å²) in [6.45, 7) is 2.08. The van der Waals surface area contributed by atoms with E-state index in [-0.39, 0.29) is 0 Å². The molecule has 0 aliphatic heterocycles. The van der Waals surface area contributed by atoms with Crippen LogP contribution in [0.25, 0.3) is 0 Å². The number of rotatable bonds is 1. The van der Waals surface area contributed by atoms with Crippen molar-refractivity contribution in [2.75, 3.05) is 7.11 Å². The summed E-state index contributed by atoms with van der Waals surface area (Å²) >= 11 is 5.75. The Morgan fingerprint density at radius 3 is 2.64 bits per heavy atom. The lowest BCUT2D eigenvalue weighted by atomic mass is 10.2. The van der Waals surface area contributed by atoms with Crippen LogP contribution in [0.15, 0.2) is 16.6 Å². The molecule has 0 bridgehead atoms. The van der Waals surface area contributed by atoms with E-state index in [2.05, 4.69) is 45.4 Å². The van der Waals surface area contributed by atoms with Gasteiger partial charge < -0.3 is 4.74 Å². The third-order valence-corrected chi connectivity index (χ3v) is 4.38. The molecule has 1 aromatic carbocycles. The molecule has 60 valence electrons. The van der Waals surface area contributed by atoms with Gasteiger partial charge in [0.05, 0.1) is 11.6 Å². The van der Waals surface area contributed by atoms with Crippen molar-refractivity contribution >= 4 is 38.5 Å². The van der Waals surface area contributed by atoms with Crippen LogP contribution in [-0.2, 0) is 0 Å². The van der Waals surface area contributed by atoms with E-state index in [9.17, 15) is 0 Å². The molecular formula is C8H8BrIO. The average molecular weight is 327 g/mol. The summed E-state index contributed by atoms with van der Waals surface area (Å²) in [5.41, 5.74) is 1.26. The van der Waals surface area contributed by atoms with Gasteiger partial charge in [0.15, 0.2) is 0 Å². The predicted octanol–water partition coefficient (Wildman–Crippen LogP) is 3.37. The highest BCUT2D eigenvalue weighted by Gasteiger charge is 2.05. The van der Waals surface area contributed by atoms with Gasteiger partial charge in [-0.25, -0.2) is 0 Å². The predicted molar refractivity (Wildman–Crippen MR) is 58.1 cm³/mol. The molecule has 11 heavy (non-hydrogen) atoms. The van der Waals surface area contributed by atoms with Gasteiger partial charge in [-0.1, -0.05) is 6.07 Å². The van der Waals surface area contributed by atoms with Gasteiger partial charge in [0.2, 0.25) is 0 Å². The van der Waals surface area contributed by atoms with E-state index in [4.69, 9.17) is 4.74 Å². The van der Waals surface area contributed by atoms with Crippen molar-refractivity contribution < 1.29 is 4.74 Å². The van der Waals surface area contributed by atoms with E-state index in [0.717, 1.165) is 10.2 Å². The van der Waals surface area contributed by atoms with Gasteiger partial charge in [-0.15, -0.1) is 0 Å². The third kappa shape index (κ3) is 1.87. The van der Waals surface area contributed by atoms with E-state index in [1.807, 2.05) is 12.1 Å². The summed E-state index contributed by atoms with van der Waals surface area (Å²) in [5, 5.41) is 0. The van der Waals surface area contributed by atoms with Gasteiger partial charge in [0.1, 0.15) is 5.75 Å². The smallest absolute Gasteiger partial charge is 0.134 e. The Morgan fingerprint density at radius 2 is 2.09 bits per heavy atom. The first-order valence-corrected chi connectivity index (χ1v) is 5.02. The molecule has 3 heteroatoms. The van der Waals surface area contributed by atoms with Gasteiger partial charge >= 0.3 is 0 Å². The molecule has 0 aromatic heterocycles. The van der Waals surface area contributed by atoms with Crippen LogP contribution in [0.4, 0.5) is 0 Å². The summed E-state index contributed by atoms with van der Waals surface area (Å²) in [5.74, 6) is 0.889. The Bertz CT molecular complexity index is 273. The first-order chi connectivity index (χ1) is 5.16. The maximum absolute atomic E-state index is 5.13. The van der Waals surface area contributed by atoms with Crippen LogP contribution in [0.1, 0.15) is 5.56 Å². The van der Waals surface area contributed by atoms with Crippen molar-refractivity contribution in [3.8, 4) is 5.75 Å². The van der Waals surface area contributed by atoms with Crippen LogP contribution < -0.4 is 4.74 Å². The van der Waals surface area contributed by atoms with Gasteiger partial charge in [-0.05, 0) is 57.1 Å². The Kier molecular flexibility index (Phi) is 3.18. The fraction of sp³-hybridized carbons (Fsp3) is 0.250. The van der Waals surface area contributed by atoms with Crippen LogP contribution in [0.3, 0.4) is 0 Å². The highest BCUT2D eigenvalue weighted by Crippen LogP contribution is 2.31. The molecule has 0 amide bonds. The molecule has 0 radical (unpaired) electrons. The minimum Gasteiger partial charge on any atom is -0.496 e. The maximum Gasteiger partial charge on any atom is 0.134 e. The van der Waals surface area contributed by atoms with Crippen LogP contribution in [0.5, 0.6) is 5.75 Å². The van der Waals surface area contributed by atoms with Gasteiger partial charge in [-0.2, -0.15) is 0 Å². The van der Waals surface area contributed by atoms with E-state index in [1.54, 1.807) is 7.11 Å². The normalized spacial score (nSPS) is 9.82. The van der Waals surface area contributed by atoms with Crippen LogP contribution >= 0.6 is 38.5 Å². The molecule has 1 nitrogen and oxygen atoms in total. The number of ether oxygens (including phenoxy) is 1. The largest absolute Gasteiger partial charge is 0.496 e. The Morgan fingerprint density at radius 1 is 1.45 bits per heavy atom. The minimum absolute atomic E-state index is 0.889. The van der Waals surface area contributed by atoms with Gasteiger partial charge in [0.25, 0.3) is 0 Å². The number of hydrogen-bond donors (Lipinski definition) is 0. The standard InChI is InChI=1S/C8H8BrIO/c1-5-3-4-6(11-2)7(9)8(5)10/h3-4H,1-2H3. The molecule has 0 atom stereocenters. The van der Waals surface area contributed by atoms with Crippen molar-refractivity contribution in [2.24, 2.45) is 0 Å². The second-order valence-electron chi connectivity index (χ2n) is 2.21. The first-order valence-electron chi connectivity index (χ1n) is 3.15. The molecule has 0 fully saturated rings. The average Bonchev–Trinajstić information content (AvgIpc) is 2.01. The van der Waals surface area contributed by atoms with Crippen molar-refractivity contribution in [1.29, 1.82) is 0 Å². The molecule has 0 spiro atoms. The van der Waals surface area contributed by atoms with Gasteiger partial charge in [0, 0.05) is 3.57 Å². The topological polar surface area (TPSA) is 9.23 Å². The fourth-order valence-electron chi connectivity index (χ4n) is 0.786. The summed E-state index contributed by atoms with van der Waals surface area (Å²) < 4.78 is 7.38. The lowest BCUT2D eigenvalue weighted by Gasteiger charge is -2.06. The monoisotopic (exact) mass is 326 g/mol. The van der Waals surface area contributed by atoms with E-state index in [1.165, 1.54) is 9.13 Å². The second kappa shape index (κ2) is 3.76. The summed E-state index contributed by atoms with van der Waals surface area (Å²) in [6.07, 6.45) is 0. The molecular weight excluding hydrogens is 319 g/mol. The zero-order valence-electron chi connectivity index (χ0n) is 6.32. The third-order valence-electron chi connectivity index (χ3n) is 1.46. The Hall–Kier alpha value is 0.230. The lowest BCUT2D eigenvalue weighted by molar-refractivity contribution is 0.411. The number of hydrogen-bond acceptors (Lipinski definition) is 1. The molecule has 0 N–H and O–H groups in total. The SMILES string of the molecule is COc1ccc(C)c(I)c1Br. The second-order valence-corrected chi connectivity index (χ2v) is 4.08. The van der Waals surface area contributed by atoms with E-state index >= 15 is 0 Å². The summed E-state index contributed by atoms with van der Waals surface area (Å²) in [6, 6.07) is 4.01. The number of aryl methyl sites for hydroxylation is 1. The molecule has 0 saturated heterocycles. The lowest BCUT2D eigenvalue weighted by Crippen LogP contribution is -1.88. The summed E-state index contributed by atoms with van der Waals surface area (Å²) in [4.78, 5) is 0. The van der Waals surface area contributed by atoms with Crippen LogP contribution in [0.2, 0.25) is 0 Å². The summed E-state index contributed by atoms with van der Waals surface area (Å²) in [7, 11) is 1.67. The van der Waals surface area contributed by atoms with Crippen molar-refractivity contribution in [1.82, 2.24) is 0 Å². The Balaban J connectivity index is 3.25. The molecule has 0 heterocycles. The van der Waals surface area contributed by atoms with E-state index in [0.29, 0.717) is 0 Å². The quantitative estimate of drug-likeness (QED) is 0.719. The number of benzene rings is 1. The Labute approximate surface area is 88.4 Å².